The van der Waals surface area contributed by atoms with Crippen LogP contribution in [0.4, 0.5) is 5.69 Å². The molecule has 0 saturated carbocycles. The maximum Gasteiger partial charge on any atom is 0.130 e. The Morgan fingerprint density at radius 3 is 2.32 bits per heavy atom. The van der Waals surface area contributed by atoms with E-state index in [9.17, 15) is 0 Å². The summed E-state index contributed by atoms with van der Waals surface area (Å²) in [7, 11) is 0. The van der Waals surface area contributed by atoms with Gasteiger partial charge in [-0.3, -0.25) is 0 Å². The van der Waals surface area contributed by atoms with E-state index in [1.807, 2.05) is 43.6 Å². The molecule has 2 aromatic carbocycles. The van der Waals surface area contributed by atoms with Crippen molar-refractivity contribution < 1.29 is 4.74 Å². The standard InChI is InChI=1S/C19H24N2O/c1-5-21(6-2)14-20-18-12-16(4)19(13-15(18)3)22-17-10-8-7-9-11-17/h7-14H,5-6H2,1-4H3. The summed E-state index contributed by atoms with van der Waals surface area (Å²) in [4.78, 5) is 6.77. The number of nitrogens with zero attached hydrogens (tertiary/aromatic N) is 2. The molecule has 0 atom stereocenters. The minimum absolute atomic E-state index is 0.851. The van der Waals surface area contributed by atoms with Crippen LogP contribution in [0.3, 0.4) is 0 Å². The lowest BCUT2D eigenvalue weighted by atomic mass is 10.1. The maximum atomic E-state index is 5.95. The molecule has 0 spiro atoms. The fourth-order valence-corrected chi connectivity index (χ4v) is 2.17. The van der Waals surface area contributed by atoms with Crippen molar-refractivity contribution in [3.05, 3.63) is 53.6 Å². The second-order valence-electron chi connectivity index (χ2n) is 5.29. The van der Waals surface area contributed by atoms with E-state index in [0.717, 1.165) is 41.4 Å². The molecule has 0 unspecified atom stereocenters. The minimum Gasteiger partial charge on any atom is -0.457 e. The molecule has 116 valence electrons. The van der Waals surface area contributed by atoms with Gasteiger partial charge in [-0.2, -0.15) is 0 Å². The predicted octanol–water partition coefficient (Wildman–Crippen LogP) is 5.10. The lowest BCUT2D eigenvalue weighted by molar-refractivity contribution is 0.477. The molecule has 0 heterocycles. The van der Waals surface area contributed by atoms with Crippen LogP contribution >= 0.6 is 0 Å². The highest BCUT2D eigenvalue weighted by Crippen LogP contribution is 2.31. The number of aliphatic imine (C=N–C) groups is 1. The summed E-state index contributed by atoms with van der Waals surface area (Å²) in [6.07, 6.45) is 1.92. The Morgan fingerprint density at radius 1 is 1.00 bits per heavy atom. The lowest BCUT2D eigenvalue weighted by Gasteiger charge is -2.15. The summed E-state index contributed by atoms with van der Waals surface area (Å²) in [6.45, 7) is 10.3. The molecule has 0 radical (unpaired) electrons. The van der Waals surface area contributed by atoms with Crippen LogP contribution in [0.2, 0.25) is 0 Å². The Bertz CT molecular complexity index is 631. The predicted molar refractivity (Wildman–Crippen MR) is 93.5 cm³/mol. The number of ether oxygens (including phenoxy) is 1. The van der Waals surface area contributed by atoms with E-state index in [0.29, 0.717) is 0 Å². The molecular formula is C19H24N2O. The molecule has 3 heteroatoms. The molecule has 0 amide bonds. The topological polar surface area (TPSA) is 24.8 Å². The van der Waals surface area contributed by atoms with Gasteiger partial charge >= 0.3 is 0 Å². The zero-order chi connectivity index (χ0) is 15.9. The van der Waals surface area contributed by atoms with E-state index < -0.39 is 0 Å². The summed E-state index contributed by atoms with van der Waals surface area (Å²) in [5.74, 6) is 1.73. The molecule has 0 aliphatic carbocycles. The average Bonchev–Trinajstić information content (AvgIpc) is 2.53. The first-order chi connectivity index (χ1) is 10.6. The van der Waals surface area contributed by atoms with Gasteiger partial charge in [0.15, 0.2) is 0 Å². The second-order valence-corrected chi connectivity index (χ2v) is 5.29. The maximum absolute atomic E-state index is 5.95. The minimum atomic E-state index is 0.851. The number of rotatable bonds is 6. The number of hydrogen-bond acceptors (Lipinski definition) is 2. The molecule has 0 aromatic heterocycles. The number of para-hydroxylation sites is 1. The van der Waals surface area contributed by atoms with Crippen LogP contribution in [0, 0.1) is 13.8 Å². The molecule has 2 aromatic rings. The van der Waals surface area contributed by atoms with E-state index >= 15 is 0 Å². The number of benzene rings is 2. The number of aryl methyl sites for hydroxylation is 2. The van der Waals surface area contributed by atoms with Crippen LogP contribution in [0.1, 0.15) is 25.0 Å². The Labute approximate surface area is 133 Å². The van der Waals surface area contributed by atoms with Gasteiger partial charge in [0.2, 0.25) is 0 Å². The highest BCUT2D eigenvalue weighted by molar-refractivity contribution is 5.65. The Balaban J connectivity index is 2.21. The Hall–Kier alpha value is -2.29. The van der Waals surface area contributed by atoms with Gasteiger partial charge in [0.25, 0.3) is 0 Å². The molecule has 0 bridgehead atoms. The summed E-state index contributed by atoms with van der Waals surface area (Å²) in [5, 5.41) is 0. The molecule has 0 aliphatic rings. The van der Waals surface area contributed by atoms with Crippen molar-refractivity contribution in [2.45, 2.75) is 27.7 Å². The first-order valence-corrected chi connectivity index (χ1v) is 7.76. The molecule has 3 nitrogen and oxygen atoms in total. The van der Waals surface area contributed by atoms with Crippen LogP contribution in [-0.4, -0.2) is 24.3 Å². The van der Waals surface area contributed by atoms with E-state index in [1.54, 1.807) is 0 Å². The van der Waals surface area contributed by atoms with E-state index in [1.165, 1.54) is 0 Å². The Morgan fingerprint density at radius 2 is 1.68 bits per heavy atom. The van der Waals surface area contributed by atoms with Crippen LogP contribution in [0.15, 0.2) is 47.5 Å². The summed E-state index contributed by atoms with van der Waals surface area (Å²) in [6, 6.07) is 14.0. The van der Waals surface area contributed by atoms with Crippen molar-refractivity contribution in [1.82, 2.24) is 4.90 Å². The van der Waals surface area contributed by atoms with E-state index in [-0.39, 0.29) is 0 Å². The zero-order valence-electron chi connectivity index (χ0n) is 13.8. The highest BCUT2D eigenvalue weighted by Gasteiger charge is 2.06. The van der Waals surface area contributed by atoms with Crippen molar-refractivity contribution >= 4 is 12.0 Å². The van der Waals surface area contributed by atoms with Gasteiger partial charge in [-0.1, -0.05) is 18.2 Å². The van der Waals surface area contributed by atoms with Gasteiger partial charge < -0.3 is 9.64 Å². The van der Waals surface area contributed by atoms with Crippen molar-refractivity contribution in [1.29, 1.82) is 0 Å². The lowest BCUT2D eigenvalue weighted by Crippen LogP contribution is -2.20. The number of hydrogen-bond donors (Lipinski definition) is 0. The van der Waals surface area contributed by atoms with Crippen molar-refractivity contribution in [2.24, 2.45) is 4.99 Å². The normalized spacial score (nSPS) is 10.9. The zero-order valence-corrected chi connectivity index (χ0v) is 13.8. The van der Waals surface area contributed by atoms with Gasteiger partial charge in [-0.25, -0.2) is 4.99 Å². The monoisotopic (exact) mass is 296 g/mol. The van der Waals surface area contributed by atoms with Crippen LogP contribution in [0.25, 0.3) is 0 Å². The van der Waals surface area contributed by atoms with Gasteiger partial charge in [-0.15, -0.1) is 0 Å². The fourth-order valence-electron chi connectivity index (χ4n) is 2.17. The first-order valence-electron chi connectivity index (χ1n) is 7.76. The van der Waals surface area contributed by atoms with Gasteiger partial charge in [0, 0.05) is 13.1 Å². The molecule has 2 rings (SSSR count). The van der Waals surface area contributed by atoms with E-state index in [4.69, 9.17) is 4.74 Å². The van der Waals surface area contributed by atoms with Crippen molar-refractivity contribution in [3.8, 4) is 11.5 Å². The van der Waals surface area contributed by atoms with Gasteiger partial charge in [-0.05, 0) is 63.1 Å². The fraction of sp³-hybridized carbons (Fsp3) is 0.316. The first kappa shape index (κ1) is 16.1. The van der Waals surface area contributed by atoms with Crippen molar-refractivity contribution in [2.75, 3.05) is 13.1 Å². The van der Waals surface area contributed by atoms with E-state index in [2.05, 4.69) is 42.8 Å². The molecule has 22 heavy (non-hydrogen) atoms. The third-order valence-electron chi connectivity index (χ3n) is 3.64. The van der Waals surface area contributed by atoms with Gasteiger partial charge in [0.05, 0.1) is 12.0 Å². The Kier molecular flexibility index (Phi) is 5.59. The molecule has 0 aliphatic heterocycles. The highest BCUT2D eigenvalue weighted by atomic mass is 16.5. The third kappa shape index (κ3) is 4.10. The van der Waals surface area contributed by atoms with Gasteiger partial charge in [0.1, 0.15) is 11.5 Å². The quantitative estimate of drug-likeness (QED) is 0.547. The molecular weight excluding hydrogens is 272 g/mol. The molecule has 0 saturated heterocycles. The molecule has 0 fully saturated rings. The van der Waals surface area contributed by atoms with Crippen LogP contribution < -0.4 is 4.74 Å². The second kappa shape index (κ2) is 7.64. The SMILES string of the molecule is CCN(C=Nc1cc(C)c(Oc2ccccc2)cc1C)CC. The smallest absolute Gasteiger partial charge is 0.130 e. The summed E-state index contributed by atoms with van der Waals surface area (Å²) < 4.78 is 5.95. The van der Waals surface area contributed by atoms with Crippen molar-refractivity contribution in [3.63, 3.8) is 0 Å². The summed E-state index contributed by atoms with van der Waals surface area (Å²) in [5.41, 5.74) is 3.19. The largest absolute Gasteiger partial charge is 0.457 e. The molecule has 0 N–H and O–H groups in total. The van der Waals surface area contributed by atoms with Crippen LogP contribution in [-0.2, 0) is 0 Å². The average molecular weight is 296 g/mol. The summed E-state index contributed by atoms with van der Waals surface area (Å²) >= 11 is 0. The third-order valence-corrected chi connectivity index (χ3v) is 3.64. The van der Waals surface area contributed by atoms with Crippen LogP contribution in [0.5, 0.6) is 11.5 Å².